The van der Waals surface area contributed by atoms with Crippen molar-refractivity contribution in [2.24, 2.45) is 11.8 Å². The summed E-state index contributed by atoms with van der Waals surface area (Å²) >= 11 is 0. The Morgan fingerprint density at radius 3 is 2.52 bits per heavy atom. The fourth-order valence-electron chi connectivity index (χ4n) is 5.88. The maximum atomic E-state index is 12.9. The standard InChI is InChI=1S/C40H49F3N2O13/c1-26(39(51)58-35-18-14-27(22-36(35)54-2)15-19-38(50)55-20-7-8-21-57-45(52)53)44-37(49)13-6-4-3-5-12-31-32(34(48)24-33(31)47)17-16-29(46)25-56-30-11-9-10-28(23-30)40(41,42)43/h3,5,9-11,14-19,22-23,26,29,31-34,46-48H,4,6-8,12-13,20-21,24-25H2,1-2H3,(H,44,49)/t26?,29-,31-,32-,33+,34-/m1/s1. The highest BCUT2D eigenvalue weighted by molar-refractivity contribution is 5.87. The minimum absolute atomic E-state index is 0.0531. The molecule has 1 saturated carbocycles. The van der Waals surface area contributed by atoms with Gasteiger partial charge in [0, 0.05) is 24.8 Å². The topological polar surface area (TPSA) is 213 Å². The monoisotopic (exact) mass is 822 g/mol. The van der Waals surface area contributed by atoms with Crippen LogP contribution in [0.25, 0.3) is 6.08 Å². The van der Waals surface area contributed by atoms with Gasteiger partial charge in [0.2, 0.25) is 5.91 Å². The first-order valence-electron chi connectivity index (χ1n) is 18.6. The Morgan fingerprint density at radius 2 is 1.79 bits per heavy atom. The van der Waals surface area contributed by atoms with E-state index in [2.05, 4.69) is 10.2 Å². The van der Waals surface area contributed by atoms with Crippen LogP contribution in [0.2, 0.25) is 0 Å². The summed E-state index contributed by atoms with van der Waals surface area (Å²) in [7, 11) is 1.37. The number of esters is 2. The van der Waals surface area contributed by atoms with Crippen molar-refractivity contribution in [1.82, 2.24) is 5.32 Å². The SMILES string of the molecule is COc1cc(C=CC(=O)OCCCCO[N+](=O)[O-])ccc1OC(=O)C(C)NC(=O)CCCC=CC[C@@H]1[C@@H](C=C[C@@H](O)COc2cccc(C(F)(F)F)c2)[C@H](O)C[C@@H]1O. The van der Waals surface area contributed by atoms with Crippen LogP contribution in [0, 0.1) is 22.0 Å². The van der Waals surface area contributed by atoms with Gasteiger partial charge in [0.25, 0.3) is 5.09 Å². The molecule has 1 aliphatic rings. The summed E-state index contributed by atoms with van der Waals surface area (Å²) in [5.41, 5.74) is -0.338. The number of aliphatic hydroxyl groups excluding tert-OH is 3. The Morgan fingerprint density at radius 1 is 1.03 bits per heavy atom. The molecule has 0 saturated heterocycles. The molecule has 0 heterocycles. The summed E-state index contributed by atoms with van der Waals surface area (Å²) in [5, 5.41) is 43.2. The van der Waals surface area contributed by atoms with Crippen LogP contribution in [-0.4, -0.2) is 89.5 Å². The van der Waals surface area contributed by atoms with Crippen molar-refractivity contribution >= 4 is 23.9 Å². The predicted octanol–water partition coefficient (Wildman–Crippen LogP) is 5.14. The van der Waals surface area contributed by atoms with Crippen LogP contribution in [0.1, 0.15) is 63.0 Å². The molecule has 1 fully saturated rings. The van der Waals surface area contributed by atoms with E-state index in [9.17, 15) is 53.0 Å². The molecule has 1 unspecified atom stereocenters. The Kier molecular flexibility index (Phi) is 19.2. The fourth-order valence-corrected chi connectivity index (χ4v) is 5.88. The van der Waals surface area contributed by atoms with Gasteiger partial charge in [-0.25, -0.2) is 9.59 Å². The third kappa shape index (κ3) is 16.6. The summed E-state index contributed by atoms with van der Waals surface area (Å²) in [5.74, 6) is -2.36. The third-order valence-electron chi connectivity index (χ3n) is 8.92. The number of amides is 1. The number of unbranched alkanes of at least 4 members (excludes halogenated alkanes) is 2. The van der Waals surface area contributed by atoms with Crippen molar-refractivity contribution in [1.29, 1.82) is 0 Å². The number of rotatable bonds is 23. The van der Waals surface area contributed by atoms with Gasteiger partial charge in [-0.2, -0.15) is 13.2 Å². The Hall–Kier alpha value is -5.46. The van der Waals surface area contributed by atoms with Gasteiger partial charge in [-0.05, 0) is 86.9 Å². The lowest BCUT2D eigenvalue weighted by Gasteiger charge is -2.19. The van der Waals surface area contributed by atoms with Crippen LogP contribution in [0.3, 0.4) is 0 Å². The van der Waals surface area contributed by atoms with Crippen molar-refractivity contribution in [3.8, 4) is 17.2 Å². The number of hydrogen-bond acceptors (Lipinski definition) is 13. The second-order valence-electron chi connectivity index (χ2n) is 13.4. The maximum Gasteiger partial charge on any atom is 0.416 e. The Labute approximate surface area is 333 Å². The molecule has 15 nitrogen and oxygen atoms in total. The summed E-state index contributed by atoms with van der Waals surface area (Å²) < 4.78 is 59.9. The van der Waals surface area contributed by atoms with Gasteiger partial charge in [-0.1, -0.05) is 36.4 Å². The largest absolute Gasteiger partial charge is 0.493 e. The molecule has 58 heavy (non-hydrogen) atoms. The molecule has 2 aromatic rings. The molecule has 0 aliphatic heterocycles. The van der Waals surface area contributed by atoms with Gasteiger partial charge in [0.05, 0.1) is 38.1 Å². The number of carbonyl (C=O) groups excluding carboxylic acids is 3. The van der Waals surface area contributed by atoms with E-state index in [0.29, 0.717) is 37.7 Å². The quantitative estimate of drug-likeness (QED) is 0.0218. The number of aliphatic hydroxyl groups is 3. The summed E-state index contributed by atoms with van der Waals surface area (Å²) in [4.78, 5) is 51.5. The van der Waals surface area contributed by atoms with Crippen molar-refractivity contribution in [2.75, 3.05) is 26.9 Å². The van der Waals surface area contributed by atoms with Crippen LogP contribution < -0.4 is 19.5 Å². The molecule has 318 valence electrons. The molecule has 0 spiro atoms. The minimum Gasteiger partial charge on any atom is -0.493 e. The van der Waals surface area contributed by atoms with Gasteiger partial charge in [0.1, 0.15) is 24.5 Å². The molecule has 3 rings (SSSR count). The fraction of sp³-hybridized carbons (Fsp3) is 0.475. The minimum atomic E-state index is -4.53. The molecule has 0 aromatic heterocycles. The molecule has 2 aromatic carbocycles. The van der Waals surface area contributed by atoms with E-state index in [1.807, 2.05) is 12.2 Å². The lowest BCUT2D eigenvalue weighted by atomic mass is 9.89. The molecule has 1 aliphatic carbocycles. The van der Waals surface area contributed by atoms with E-state index in [1.54, 1.807) is 12.1 Å². The number of benzene rings is 2. The highest BCUT2D eigenvalue weighted by Gasteiger charge is 2.39. The molecular weight excluding hydrogens is 773 g/mol. The van der Waals surface area contributed by atoms with Crippen LogP contribution in [-0.2, 0) is 30.1 Å². The molecule has 1 amide bonds. The molecule has 6 atom stereocenters. The first-order valence-corrected chi connectivity index (χ1v) is 18.6. The number of allylic oxidation sites excluding steroid dienone is 2. The zero-order chi connectivity index (χ0) is 42.7. The van der Waals surface area contributed by atoms with Crippen LogP contribution in [0.15, 0.2) is 72.8 Å². The Bertz CT molecular complexity index is 1750. The van der Waals surface area contributed by atoms with E-state index < -0.39 is 59.0 Å². The normalized spacial score (nSPS) is 19.2. The van der Waals surface area contributed by atoms with Gasteiger partial charge in [-0.3, -0.25) is 4.79 Å². The van der Waals surface area contributed by atoms with Crippen molar-refractivity contribution < 1.29 is 71.7 Å². The molecule has 18 heteroatoms. The first-order chi connectivity index (χ1) is 27.6. The number of ether oxygens (including phenoxy) is 4. The second-order valence-corrected chi connectivity index (χ2v) is 13.4. The van der Waals surface area contributed by atoms with E-state index in [4.69, 9.17) is 18.9 Å². The number of nitrogens with one attached hydrogen (secondary N) is 1. The zero-order valence-electron chi connectivity index (χ0n) is 32.0. The number of methoxy groups -OCH3 is 1. The lowest BCUT2D eigenvalue weighted by molar-refractivity contribution is -0.757. The van der Waals surface area contributed by atoms with E-state index in [0.717, 1.165) is 12.1 Å². The van der Waals surface area contributed by atoms with Gasteiger partial charge >= 0.3 is 18.1 Å². The average Bonchev–Trinajstić information content (AvgIpc) is 3.45. The van der Waals surface area contributed by atoms with Gasteiger partial charge in [-0.15, -0.1) is 10.1 Å². The lowest BCUT2D eigenvalue weighted by Crippen LogP contribution is -2.40. The summed E-state index contributed by atoms with van der Waals surface area (Å²) in [6.45, 7) is 1.12. The molecule has 0 bridgehead atoms. The molecule has 4 N–H and O–H groups in total. The smallest absolute Gasteiger partial charge is 0.416 e. The van der Waals surface area contributed by atoms with Crippen molar-refractivity contribution in [3.63, 3.8) is 0 Å². The van der Waals surface area contributed by atoms with Crippen molar-refractivity contribution in [3.05, 3.63) is 94.1 Å². The average molecular weight is 823 g/mol. The third-order valence-corrected chi connectivity index (χ3v) is 8.92. The highest BCUT2D eigenvalue weighted by atomic mass is 19.4. The zero-order valence-corrected chi connectivity index (χ0v) is 32.0. The predicted molar refractivity (Wildman–Crippen MR) is 202 cm³/mol. The molecule has 0 radical (unpaired) electrons. The second kappa shape index (κ2) is 23.7. The van der Waals surface area contributed by atoms with E-state index in [-0.39, 0.29) is 61.7 Å². The van der Waals surface area contributed by atoms with E-state index in [1.165, 1.54) is 56.5 Å². The summed E-state index contributed by atoms with van der Waals surface area (Å²) in [6, 6.07) is 7.88. The number of carbonyl (C=O) groups is 3. The maximum absolute atomic E-state index is 12.9. The number of nitrogens with zero attached hydrogens (tertiary/aromatic N) is 1. The van der Waals surface area contributed by atoms with Gasteiger partial charge in [0.15, 0.2) is 11.5 Å². The Balaban J connectivity index is 1.37. The van der Waals surface area contributed by atoms with Crippen LogP contribution >= 0.6 is 0 Å². The first kappa shape index (κ1) is 46.9. The number of hydrogen-bond donors (Lipinski definition) is 4. The number of alkyl halides is 3. The van der Waals surface area contributed by atoms with Gasteiger partial charge < -0.3 is 44.4 Å². The highest BCUT2D eigenvalue weighted by Crippen LogP contribution is 2.37. The van der Waals surface area contributed by atoms with E-state index >= 15 is 0 Å². The van der Waals surface area contributed by atoms with Crippen molar-refractivity contribution in [2.45, 2.75) is 82.4 Å². The molecular formula is C40H49F3N2O13. The summed E-state index contributed by atoms with van der Waals surface area (Å²) in [6.07, 6.45) is 4.26. The number of halogens is 3. The van der Waals surface area contributed by atoms with Crippen LogP contribution in [0.5, 0.6) is 17.2 Å². The van der Waals surface area contributed by atoms with Crippen LogP contribution in [0.4, 0.5) is 13.2 Å².